The van der Waals surface area contributed by atoms with Gasteiger partial charge in [0.25, 0.3) is 0 Å². The number of nitrogens with zero attached hydrogens (tertiary/aromatic N) is 1. The summed E-state index contributed by atoms with van der Waals surface area (Å²) in [5, 5.41) is 5.07. The normalized spacial score (nSPS) is 11.3. The molecule has 0 radical (unpaired) electrons. The first-order chi connectivity index (χ1) is 26.8. The summed E-state index contributed by atoms with van der Waals surface area (Å²) in [7, 11) is 0. The van der Waals surface area contributed by atoms with Gasteiger partial charge in [0.1, 0.15) is 0 Å². The molecule has 10 rings (SSSR count). The summed E-state index contributed by atoms with van der Waals surface area (Å²) in [6.07, 6.45) is 0. The molecule has 0 aliphatic rings. The lowest BCUT2D eigenvalue weighted by Gasteiger charge is -2.29. The molecule has 254 valence electrons. The standard InChI is InChI=1S/C52H35NS/c1-3-16-36(17-4-1)41-33-42(37-18-5-2-6-19-37)35-43(34-41)53(50-30-15-28-48-47-26-10-12-31-51(47)54-52(48)50)49-29-11-9-25-46(49)40-23-13-22-39(32-40)45-27-14-21-38-20-7-8-24-44(38)45/h1-35H. The van der Waals surface area contributed by atoms with Gasteiger partial charge in [-0.1, -0.05) is 170 Å². The van der Waals surface area contributed by atoms with Crippen molar-refractivity contribution in [2.24, 2.45) is 0 Å². The molecule has 0 spiro atoms. The molecule has 10 aromatic rings. The Balaban J connectivity index is 1.24. The van der Waals surface area contributed by atoms with Crippen molar-refractivity contribution >= 4 is 59.3 Å². The molecule has 0 atom stereocenters. The Kier molecular flexibility index (Phi) is 8.09. The van der Waals surface area contributed by atoms with Crippen LogP contribution in [0.15, 0.2) is 212 Å². The minimum Gasteiger partial charge on any atom is -0.308 e. The number of rotatable bonds is 7. The van der Waals surface area contributed by atoms with Gasteiger partial charge in [0, 0.05) is 26.7 Å². The number of fused-ring (bicyclic) bond motifs is 4. The summed E-state index contributed by atoms with van der Waals surface area (Å²) in [4.78, 5) is 2.50. The van der Waals surface area contributed by atoms with Crippen molar-refractivity contribution in [2.75, 3.05) is 4.90 Å². The lowest BCUT2D eigenvalue weighted by Crippen LogP contribution is -2.12. The van der Waals surface area contributed by atoms with Gasteiger partial charge in [-0.3, -0.25) is 0 Å². The number of anilines is 3. The number of thiophene rings is 1. The van der Waals surface area contributed by atoms with Crippen molar-refractivity contribution in [3.05, 3.63) is 212 Å². The molecule has 54 heavy (non-hydrogen) atoms. The number of para-hydroxylation sites is 1. The van der Waals surface area contributed by atoms with Gasteiger partial charge in [-0.15, -0.1) is 11.3 Å². The van der Waals surface area contributed by atoms with Crippen LogP contribution in [0, 0.1) is 0 Å². The van der Waals surface area contributed by atoms with E-state index in [1.165, 1.54) is 75.5 Å². The largest absolute Gasteiger partial charge is 0.308 e. The molecule has 1 nitrogen and oxygen atoms in total. The number of hydrogen-bond donors (Lipinski definition) is 0. The highest BCUT2D eigenvalue weighted by Crippen LogP contribution is 2.48. The van der Waals surface area contributed by atoms with Gasteiger partial charge in [0.05, 0.1) is 16.1 Å². The SMILES string of the molecule is c1ccc(-c2cc(-c3ccccc3)cc(N(c3ccccc3-c3cccc(-c4cccc5ccccc45)c3)c3cccc4c3sc3ccccc34)c2)cc1. The second-order valence-electron chi connectivity index (χ2n) is 13.7. The Morgan fingerprint density at radius 1 is 0.315 bits per heavy atom. The van der Waals surface area contributed by atoms with Gasteiger partial charge in [-0.2, -0.15) is 0 Å². The van der Waals surface area contributed by atoms with E-state index in [-0.39, 0.29) is 0 Å². The van der Waals surface area contributed by atoms with Gasteiger partial charge in [0.15, 0.2) is 0 Å². The maximum absolute atomic E-state index is 2.50. The van der Waals surface area contributed by atoms with Crippen LogP contribution >= 0.6 is 11.3 Å². The van der Waals surface area contributed by atoms with Crippen LogP contribution in [-0.4, -0.2) is 0 Å². The first kappa shape index (κ1) is 32.0. The molecule has 2 heteroatoms. The van der Waals surface area contributed by atoms with Crippen LogP contribution in [-0.2, 0) is 0 Å². The van der Waals surface area contributed by atoms with Crippen molar-refractivity contribution in [3.63, 3.8) is 0 Å². The van der Waals surface area contributed by atoms with E-state index < -0.39 is 0 Å². The van der Waals surface area contributed by atoms with E-state index in [0.717, 1.165) is 17.1 Å². The second kappa shape index (κ2) is 13.7. The Morgan fingerprint density at radius 3 is 1.59 bits per heavy atom. The van der Waals surface area contributed by atoms with Gasteiger partial charge < -0.3 is 4.90 Å². The van der Waals surface area contributed by atoms with E-state index in [2.05, 4.69) is 217 Å². The first-order valence-electron chi connectivity index (χ1n) is 18.4. The highest BCUT2D eigenvalue weighted by Gasteiger charge is 2.22. The summed E-state index contributed by atoms with van der Waals surface area (Å²) >= 11 is 1.87. The van der Waals surface area contributed by atoms with Crippen LogP contribution in [0.3, 0.4) is 0 Å². The smallest absolute Gasteiger partial charge is 0.0640 e. The van der Waals surface area contributed by atoms with Crippen molar-refractivity contribution in [1.29, 1.82) is 0 Å². The predicted molar refractivity (Wildman–Crippen MR) is 233 cm³/mol. The van der Waals surface area contributed by atoms with E-state index in [9.17, 15) is 0 Å². The Morgan fingerprint density at radius 2 is 0.815 bits per heavy atom. The highest BCUT2D eigenvalue weighted by atomic mass is 32.1. The van der Waals surface area contributed by atoms with Crippen molar-refractivity contribution in [2.45, 2.75) is 0 Å². The van der Waals surface area contributed by atoms with Gasteiger partial charge in [0.2, 0.25) is 0 Å². The Bertz CT molecular complexity index is 2880. The number of hydrogen-bond acceptors (Lipinski definition) is 2. The minimum atomic E-state index is 1.11. The van der Waals surface area contributed by atoms with Crippen LogP contribution in [0.25, 0.3) is 75.5 Å². The van der Waals surface area contributed by atoms with Crippen molar-refractivity contribution < 1.29 is 0 Å². The first-order valence-corrected chi connectivity index (χ1v) is 19.2. The van der Waals surface area contributed by atoms with Crippen LogP contribution < -0.4 is 4.90 Å². The molecule has 0 N–H and O–H groups in total. The summed E-state index contributed by atoms with van der Waals surface area (Å²) in [5.74, 6) is 0. The van der Waals surface area contributed by atoms with E-state index in [1.807, 2.05) is 11.3 Å². The fourth-order valence-corrected chi connectivity index (χ4v) is 9.10. The summed E-state index contributed by atoms with van der Waals surface area (Å²) in [6, 6.07) is 77.3. The predicted octanol–water partition coefficient (Wildman–Crippen LogP) is 15.3. The molecular formula is C52H35NS. The molecule has 0 saturated carbocycles. The molecule has 9 aromatic carbocycles. The zero-order valence-electron chi connectivity index (χ0n) is 29.6. The van der Waals surface area contributed by atoms with Crippen LogP contribution in [0.5, 0.6) is 0 Å². The molecule has 0 fully saturated rings. The summed E-state index contributed by atoms with van der Waals surface area (Å²) in [5.41, 5.74) is 12.9. The summed E-state index contributed by atoms with van der Waals surface area (Å²) < 4.78 is 2.56. The zero-order valence-corrected chi connectivity index (χ0v) is 30.4. The van der Waals surface area contributed by atoms with Crippen LogP contribution in [0.1, 0.15) is 0 Å². The van der Waals surface area contributed by atoms with E-state index in [0.29, 0.717) is 0 Å². The van der Waals surface area contributed by atoms with Gasteiger partial charge in [-0.25, -0.2) is 0 Å². The molecule has 1 aromatic heterocycles. The zero-order chi connectivity index (χ0) is 35.8. The lowest BCUT2D eigenvalue weighted by atomic mass is 9.94. The van der Waals surface area contributed by atoms with E-state index >= 15 is 0 Å². The molecule has 0 saturated heterocycles. The monoisotopic (exact) mass is 705 g/mol. The molecule has 0 amide bonds. The van der Waals surface area contributed by atoms with Crippen molar-refractivity contribution in [1.82, 2.24) is 0 Å². The third kappa shape index (κ3) is 5.74. The maximum atomic E-state index is 2.50. The van der Waals surface area contributed by atoms with Crippen LogP contribution in [0.4, 0.5) is 17.1 Å². The van der Waals surface area contributed by atoms with Crippen LogP contribution in [0.2, 0.25) is 0 Å². The van der Waals surface area contributed by atoms with Crippen molar-refractivity contribution in [3.8, 4) is 44.5 Å². The number of benzene rings is 9. The molecule has 1 heterocycles. The minimum absolute atomic E-state index is 1.11. The fourth-order valence-electron chi connectivity index (χ4n) is 7.90. The third-order valence-corrected chi connectivity index (χ3v) is 11.6. The third-order valence-electron chi connectivity index (χ3n) is 10.4. The lowest BCUT2D eigenvalue weighted by molar-refractivity contribution is 1.30. The average Bonchev–Trinajstić information content (AvgIpc) is 3.64. The van der Waals surface area contributed by atoms with Gasteiger partial charge in [-0.05, 0) is 92.2 Å². The molecule has 0 bridgehead atoms. The molecular weight excluding hydrogens is 671 g/mol. The summed E-state index contributed by atoms with van der Waals surface area (Å²) in [6.45, 7) is 0. The topological polar surface area (TPSA) is 3.24 Å². The van der Waals surface area contributed by atoms with Gasteiger partial charge >= 0.3 is 0 Å². The average molecular weight is 706 g/mol. The van der Waals surface area contributed by atoms with E-state index in [4.69, 9.17) is 0 Å². The maximum Gasteiger partial charge on any atom is 0.0640 e. The van der Waals surface area contributed by atoms with E-state index in [1.54, 1.807) is 0 Å². The fraction of sp³-hybridized carbons (Fsp3) is 0. The Hall–Kier alpha value is -6.74. The molecule has 0 aliphatic carbocycles. The second-order valence-corrected chi connectivity index (χ2v) is 14.8. The quantitative estimate of drug-likeness (QED) is 0.160. The highest BCUT2D eigenvalue weighted by molar-refractivity contribution is 7.26. The Labute approximate surface area is 319 Å². The molecule has 0 unspecified atom stereocenters. The molecule has 0 aliphatic heterocycles.